The molecule has 0 aliphatic heterocycles. The summed E-state index contributed by atoms with van der Waals surface area (Å²) in [6, 6.07) is 12.0. The average Bonchev–Trinajstić information content (AvgIpc) is 1.91. The van der Waals surface area contributed by atoms with Crippen LogP contribution in [0.25, 0.3) is 0 Å². The lowest BCUT2D eigenvalue weighted by molar-refractivity contribution is 0.824. The van der Waals surface area contributed by atoms with Crippen molar-refractivity contribution in [2.45, 2.75) is 13.8 Å². The van der Waals surface area contributed by atoms with Crippen molar-refractivity contribution < 1.29 is 5.48 Å². The summed E-state index contributed by atoms with van der Waals surface area (Å²) >= 11 is 0. The third kappa shape index (κ3) is 8.67. The predicted molar refractivity (Wildman–Crippen MR) is 46.1 cm³/mol. The molecule has 2 N–H and O–H groups in total. The molecule has 0 fully saturated rings. The summed E-state index contributed by atoms with van der Waals surface area (Å²) in [6.45, 7) is 3.51. The molecule has 1 aromatic carbocycles. The molecular formula is C9H13NO. The van der Waals surface area contributed by atoms with Crippen LogP contribution in [-0.2, 0) is 0 Å². The summed E-state index contributed by atoms with van der Waals surface area (Å²) < 4.78 is 0. The quantitative estimate of drug-likeness (QED) is 0.556. The fraction of sp³-hybridized carbons (Fsp3) is 0.222. The molecule has 1 aromatic rings. The number of aryl methyl sites for hydroxylation is 1. The second-order valence-corrected chi connectivity index (χ2v) is 1.88. The van der Waals surface area contributed by atoms with Crippen LogP contribution in [0, 0.1) is 18.3 Å². The Morgan fingerprint density at radius 3 is 1.73 bits per heavy atom. The van der Waals surface area contributed by atoms with Gasteiger partial charge >= 0.3 is 0 Å². The molecule has 1 rings (SSSR count). The van der Waals surface area contributed by atoms with Gasteiger partial charge in [-0.15, -0.1) is 0 Å². The van der Waals surface area contributed by atoms with Crippen LogP contribution in [0.1, 0.15) is 12.5 Å². The van der Waals surface area contributed by atoms with Crippen LogP contribution in [0.5, 0.6) is 0 Å². The van der Waals surface area contributed by atoms with Crippen molar-refractivity contribution in [2.75, 3.05) is 0 Å². The minimum atomic E-state index is 0. The van der Waals surface area contributed by atoms with E-state index in [1.165, 1.54) is 12.5 Å². The van der Waals surface area contributed by atoms with Crippen LogP contribution < -0.4 is 0 Å². The number of rotatable bonds is 0. The van der Waals surface area contributed by atoms with Gasteiger partial charge in [-0.3, -0.25) is 0 Å². The third-order valence-corrected chi connectivity index (χ3v) is 0.940. The Bertz CT molecular complexity index is 201. The Kier molecular flexibility index (Phi) is 9.74. The molecule has 0 aromatic heterocycles. The number of nitriles is 1. The minimum absolute atomic E-state index is 0. The van der Waals surface area contributed by atoms with Gasteiger partial charge in [0.05, 0.1) is 6.07 Å². The molecule has 2 nitrogen and oxygen atoms in total. The first kappa shape index (κ1) is 12.4. The maximum atomic E-state index is 7.32. The van der Waals surface area contributed by atoms with E-state index in [-0.39, 0.29) is 5.48 Å². The summed E-state index contributed by atoms with van der Waals surface area (Å²) in [5.74, 6) is 0. The molecule has 0 aliphatic rings. The fourth-order valence-electron chi connectivity index (χ4n) is 0.534. The Morgan fingerprint density at radius 2 is 1.55 bits per heavy atom. The summed E-state index contributed by atoms with van der Waals surface area (Å²) in [4.78, 5) is 0. The minimum Gasteiger partial charge on any atom is -0.412 e. The van der Waals surface area contributed by atoms with Gasteiger partial charge in [-0.2, -0.15) is 5.26 Å². The molecule has 0 heterocycles. The van der Waals surface area contributed by atoms with Gasteiger partial charge in [0.25, 0.3) is 0 Å². The lowest BCUT2D eigenvalue weighted by atomic mass is 10.2. The molecule has 0 spiro atoms. The zero-order valence-corrected chi connectivity index (χ0v) is 6.83. The molecule has 0 saturated heterocycles. The number of hydrogen-bond acceptors (Lipinski definition) is 1. The van der Waals surface area contributed by atoms with E-state index in [2.05, 4.69) is 19.1 Å². The predicted octanol–water partition coefficient (Wildman–Crippen LogP) is 1.70. The lowest BCUT2D eigenvalue weighted by Crippen LogP contribution is -1.62. The van der Waals surface area contributed by atoms with Crippen molar-refractivity contribution in [3.05, 3.63) is 35.9 Å². The van der Waals surface area contributed by atoms with Gasteiger partial charge < -0.3 is 5.48 Å². The lowest BCUT2D eigenvalue weighted by Gasteiger charge is -1.82. The largest absolute Gasteiger partial charge is 0.412 e. The van der Waals surface area contributed by atoms with Crippen LogP contribution in [0.4, 0.5) is 0 Å². The van der Waals surface area contributed by atoms with Gasteiger partial charge in [-0.1, -0.05) is 35.9 Å². The molecule has 0 unspecified atom stereocenters. The van der Waals surface area contributed by atoms with E-state index in [1.807, 2.05) is 18.2 Å². The molecule has 0 radical (unpaired) electrons. The number of nitrogens with zero attached hydrogens (tertiary/aromatic N) is 1. The van der Waals surface area contributed by atoms with Gasteiger partial charge in [-0.25, -0.2) is 0 Å². The highest BCUT2D eigenvalue weighted by Gasteiger charge is 1.72. The molecule has 0 bridgehead atoms. The SMILES string of the molecule is CC#N.Cc1ccccc1.O. The first-order valence-corrected chi connectivity index (χ1v) is 3.13. The molecular weight excluding hydrogens is 138 g/mol. The Hall–Kier alpha value is -1.33. The Labute approximate surface area is 67.4 Å². The van der Waals surface area contributed by atoms with E-state index in [1.54, 1.807) is 6.07 Å². The van der Waals surface area contributed by atoms with Gasteiger partial charge in [-0.05, 0) is 6.92 Å². The van der Waals surface area contributed by atoms with E-state index >= 15 is 0 Å². The second kappa shape index (κ2) is 8.67. The Balaban J connectivity index is 0. The van der Waals surface area contributed by atoms with Crippen LogP contribution in [-0.4, -0.2) is 5.48 Å². The third-order valence-electron chi connectivity index (χ3n) is 0.940. The first-order chi connectivity index (χ1) is 4.81. The molecule has 0 atom stereocenters. The monoisotopic (exact) mass is 151 g/mol. The van der Waals surface area contributed by atoms with Crippen molar-refractivity contribution >= 4 is 0 Å². The highest BCUT2D eigenvalue weighted by molar-refractivity contribution is 5.11. The molecule has 2 heteroatoms. The highest BCUT2D eigenvalue weighted by atomic mass is 16.0. The molecule has 11 heavy (non-hydrogen) atoms. The first-order valence-electron chi connectivity index (χ1n) is 3.13. The number of hydrogen-bond donors (Lipinski definition) is 0. The van der Waals surface area contributed by atoms with Crippen molar-refractivity contribution in [3.63, 3.8) is 0 Å². The zero-order valence-electron chi connectivity index (χ0n) is 6.83. The van der Waals surface area contributed by atoms with Crippen LogP contribution in [0.3, 0.4) is 0 Å². The van der Waals surface area contributed by atoms with Crippen molar-refractivity contribution in [1.29, 1.82) is 5.26 Å². The van der Waals surface area contributed by atoms with Crippen molar-refractivity contribution in [2.24, 2.45) is 0 Å². The smallest absolute Gasteiger partial charge is 0.0587 e. The Morgan fingerprint density at radius 1 is 1.18 bits per heavy atom. The summed E-state index contributed by atoms with van der Waals surface area (Å²) in [7, 11) is 0. The van der Waals surface area contributed by atoms with Crippen LogP contribution >= 0.6 is 0 Å². The van der Waals surface area contributed by atoms with E-state index < -0.39 is 0 Å². The average molecular weight is 151 g/mol. The molecule has 0 aliphatic carbocycles. The summed E-state index contributed by atoms with van der Waals surface area (Å²) in [5, 5.41) is 7.32. The maximum Gasteiger partial charge on any atom is 0.0587 e. The summed E-state index contributed by atoms with van der Waals surface area (Å²) in [6.07, 6.45) is 0. The van der Waals surface area contributed by atoms with E-state index in [0.29, 0.717) is 0 Å². The topological polar surface area (TPSA) is 55.3 Å². The number of benzene rings is 1. The van der Waals surface area contributed by atoms with Crippen molar-refractivity contribution in [3.8, 4) is 6.07 Å². The van der Waals surface area contributed by atoms with Crippen LogP contribution in [0.15, 0.2) is 30.3 Å². The van der Waals surface area contributed by atoms with Gasteiger partial charge in [0, 0.05) is 6.92 Å². The molecule has 60 valence electrons. The zero-order chi connectivity index (χ0) is 7.82. The van der Waals surface area contributed by atoms with E-state index in [0.717, 1.165) is 0 Å². The normalized spacial score (nSPS) is 6.27. The fourth-order valence-corrected chi connectivity index (χ4v) is 0.534. The van der Waals surface area contributed by atoms with Gasteiger partial charge in [0.1, 0.15) is 0 Å². The van der Waals surface area contributed by atoms with Gasteiger partial charge in [0.15, 0.2) is 0 Å². The van der Waals surface area contributed by atoms with Gasteiger partial charge in [0.2, 0.25) is 0 Å². The van der Waals surface area contributed by atoms with E-state index in [9.17, 15) is 0 Å². The van der Waals surface area contributed by atoms with Crippen molar-refractivity contribution in [1.82, 2.24) is 0 Å². The highest BCUT2D eigenvalue weighted by Crippen LogP contribution is 1.92. The van der Waals surface area contributed by atoms with E-state index in [4.69, 9.17) is 5.26 Å². The molecule has 0 saturated carbocycles. The maximum absolute atomic E-state index is 7.32. The van der Waals surface area contributed by atoms with Crippen LogP contribution in [0.2, 0.25) is 0 Å². The second-order valence-electron chi connectivity index (χ2n) is 1.88. The molecule has 0 amide bonds. The summed E-state index contributed by atoms with van der Waals surface area (Å²) in [5.41, 5.74) is 1.32. The standard InChI is InChI=1S/C7H8.C2H3N.H2O/c1-7-5-3-2-4-6-7;1-2-3;/h2-6H,1H3;1H3;1H2.